The molecule has 0 radical (unpaired) electrons. The summed E-state index contributed by atoms with van der Waals surface area (Å²) in [5.41, 5.74) is 0.924. The maximum Gasteiger partial charge on any atom is 0.275 e. The van der Waals surface area contributed by atoms with Crippen molar-refractivity contribution in [1.82, 2.24) is 5.32 Å². The van der Waals surface area contributed by atoms with Crippen LogP contribution in [0.15, 0.2) is 24.3 Å². The second-order valence-corrected chi connectivity index (χ2v) is 5.29. The second-order valence-electron chi connectivity index (χ2n) is 5.29. The lowest BCUT2D eigenvalue weighted by molar-refractivity contribution is -1.000. The smallest absolute Gasteiger partial charge is 0.275 e. The molecule has 1 heterocycles. The van der Waals surface area contributed by atoms with Crippen LogP contribution in [0.1, 0.15) is 5.56 Å². The van der Waals surface area contributed by atoms with Gasteiger partial charge in [-0.2, -0.15) is 0 Å². The Morgan fingerprint density at radius 2 is 1.84 bits per heavy atom. The number of carbonyl (C=O) groups excluding carboxylic acids is 1. The van der Waals surface area contributed by atoms with Gasteiger partial charge in [-0.05, 0) is 17.7 Å². The molecule has 0 aliphatic carbocycles. The lowest BCUT2D eigenvalue weighted by atomic mass is 10.2. The van der Waals surface area contributed by atoms with Crippen LogP contribution in [0.25, 0.3) is 0 Å². The summed E-state index contributed by atoms with van der Waals surface area (Å²) in [6.07, 6.45) is 0. The summed E-state index contributed by atoms with van der Waals surface area (Å²) in [5.74, 6) is -0.182. The molecule has 1 aliphatic heterocycles. The third kappa shape index (κ3) is 4.61. The first-order valence-corrected chi connectivity index (χ1v) is 6.79. The Morgan fingerprint density at radius 3 is 2.47 bits per heavy atom. The molecule has 3 N–H and O–H groups in total. The summed E-state index contributed by atoms with van der Waals surface area (Å²) in [7, 11) is 2.19. The fraction of sp³-hybridized carbons (Fsp3) is 0.500. The molecule has 1 fully saturated rings. The van der Waals surface area contributed by atoms with Crippen molar-refractivity contribution in [2.24, 2.45) is 0 Å². The molecule has 19 heavy (non-hydrogen) atoms. The molecule has 104 valence electrons. The van der Waals surface area contributed by atoms with Gasteiger partial charge in [-0.15, -0.1) is 0 Å². The van der Waals surface area contributed by atoms with E-state index >= 15 is 0 Å². The highest BCUT2D eigenvalue weighted by Crippen LogP contribution is 2.01. The van der Waals surface area contributed by atoms with Gasteiger partial charge in [-0.1, -0.05) is 12.1 Å². The van der Waals surface area contributed by atoms with Crippen molar-refractivity contribution in [3.63, 3.8) is 0 Å². The molecule has 1 aliphatic rings. The molecule has 1 aromatic rings. The molecule has 0 bridgehead atoms. The number of hydrogen-bond acceptors (Lipinski definition) is 1. The fourth-order valence-corrected chi connectivity index (χ4v) is 2.30. The van der Waals surface area contributed by atoms with Crippen molar-refractivity contribution in [3.05, 3.63) is 35.6 Å². The molecule has 0 unspecified atom stereocenters. The van der Waals surface area contributed by atoms with Crippen molar-refractivity contribution >= 4 is 5.91 Å². The van der Waals surface area contributed by atoms with Crippen LogP contribution >= 0.6 is 0 Å². The van der Waals surface area contributed by atoms with E-state index in [9.17, 15) is 9.18 Å². The number of hydrogen-bond donors (Lipinski definition) is 3. The van der Waals surface area contributed by atoms with Crippen LogP contribution in [-0.2, 0) is 11.3 Å². The Balaban J connectivity index is 1.71. The van der Waals surface area contributed by atoms with Gasteiger partial charge in [0, 0.05) is 6.54 Å². The van der Waals surface area contributed by atoms with E-state index in [-0.39, 0.29) is 11.7 Å². The van der Waals surface area contributed by atoms with E-state index in [4.69, 9.17) is 0 Å². The Hall–Kier alpha value is -1.46. The van der Waals surface area contributed by atoms with Crippen molar-refractivity contribution in [2.45, 2.75) is 6.54 Å². The molecule has 4 nitrogen and oxygen atoms in total. The summed E-state index contributed by atoms with van der Waals surface area (Å²) < 4.78 is 12.7. The van der Waals surface area contributed by atoms with Gasteiger partial charge in [-0.25, -0.2) is 4.39 Å². The highest BCUT2D eigenvalue weighted by Gasteiger charge is 2.21. The van der Waals surface area contributed by atoms with Crippen molar-refractivity contribution in [2.75, 3.05) is 39.8 Å². The Kier molecular flexibility index (Phi) is 4.87. The van der Waals surface area contributed by atoms with E-state index in [1.165, 1.54) is 21.9 Å². The Morgan fingerprint density at radius 1 is 1.21 bits per heavy atom. The zero-order valence-electron chi connectivity index (χ0n) is 11.3. The first-order chi connectivity index (χ1) is 9.13. The average Bonchev–Trinajstić information content (AvgIpc) is 2.41. The third-order valence-electron chi connectivity index (χ3n) is 3.62. The van der Waals surface area contributed by atoms with Crippen molar-refractivity contribution in [1.29, 1.82) is 0 Å². The molecule has 0 aromatic heterocycles. The minimum Gasteiger partial charge on any atom is -0.347 e. The van der Waals surface area contributed by atoms with E-state index in [0.29, 0.717) is 13.1 Å². The Bertz CT molecular complexity index is 413. The van der Waals surface area contributed by atoms with Crippen molar-refractivity contribution < 1.29 is 19.0 Å². The second kappa shape index (κ2) is 6.63. The van der Waals surface area contributed by atoms with Crippen LogP contribution in [0, 0.1) is 5.82 Å². The lowest BCUT2D eigenvalue weighted by Crippen LogP contribution is -3.27. The lowest BCUT2D eigenvalue weighted by Gasteiger charge is -2.26. The van der Waals surface area contributed by atoms with E-state index in [0.717, 1.165) is 31.7 Å². The highest BCUT2D eigenvalue weighted by molar-refractivity contribution is 5.76. The predicted molar refractivity (Wildman–Crippen MR) is 70.4 cm³/mol. The zero-order valence-corrected chi connectivity index (χ0v) is 11.3. The van der Waals surface area contributed by atoms with Gasteiger partial charge in [0.15, 0.2) is 6.54 Å². The number of rotatable bonds is 4. The van der Waals surface area contributed by atoms with Crippen LogP contribution in [0.5, 0.6) is 0 Å². The molecular formula is C14H22FN3O+2. The van der Waals surface area contributed by atoms with Gasteiger partial charge in [0.05, 0.1) is 7.05 Å². The van der Waals surface area contributed by atoms with E-state index in [2.05, 4.69) is 12.4 Å². The molecular weight excluding hydrogens is 245 g/mol. The maximum atomic E-state index is 12.7. The largest absolute Gasteiger partial charge is 0.347 e. The minimum absolute atomic E-state index is 0.0684. The Labute approximate surface area is 113 Å². The summed E-state index contributed by atoms with van der Waals surface area (Å²) in [4.78, 5) is 14.7. The van der Waals surface area contributed by atoms with Gasteiger partial charge in [0.1, 0.15) is 32.0 Å². The maximum absolute atomic E-state index is 12.7. The number of likely N-dealkylation sites (N-methyl/N-ethyl adjacent to an activating group) is 1. The SMILES string of the molecule is C[NH+]1CC[NH+](CC(=O)NCc2ccc(F)cc2)CC1. The first kappa shape index (κ1) is 14.0. The molecule has 1 amide bonds. The predicted octanol–water partition coefficient (Wildman–Crippen LogP) is -2.14. The van der Waals surface area contributed by atoms with Gasteiger partial charge < -0.3 is 15.1 Å². The van der Waals surface area contributed by atoms with Crippen LogP contribution < -0.4 is 15.1 Å². The molecule has 1 saturated heterocycles. The van der Waals surface area contributed by atoms with Crippen LogP contribution in [0.2, 0.25) is 0 Å². The number of halogens is 1. The summed E-state index contributed by atoms with van der Waals surface area (Å²) in [6, 6.07) is 6.22. The number of benzene rings is 1. The molecule has 2 rings (SSSR count). The van der Waals surface area contributed by atoms with Gasteiger partial charge in [-0.3, -0.25) is 4.79 Å². The normalized spacial score (nSPS) is 23.1. The van der Waals surface area contributed by atoms with E-state index < -0.39 is 0 Å². The number of piperazine rings is 1. The summed E-state index contributed by atoms with van der Waals surface area (Å²) in [6.45, 7) is 5.36. The van der Waals surface area contributed by atoms with Crippen LogP contribution in [-0.4, -0.2) is 45.7 Å². The van der Waals surface area contributed by atoms with Gasteiger partial charge in [0.25, 0.3) is 5.91 Å². The number of carbonyl (C=O) groups is 1. The molecule has 1 aromatic carbocycles. The average molecular weight is 267 g/mol. The third-order valence-corrected chi connectivity index (χ3v) is 3.62. The minimum atomic E-state index is -0.251. The zero-order chi connectivity index (χ0) is 13.7. The standard InChI is InChI=1S/C14H20FN3O/c1-17-6-8-18(9-7-17)11-14(19)16-10-12-2-4-13(15)5-3-12/h2-5H,6-11H2,1H3,(H,16,19)/p+2. The van der Waals surface area contributed by atoms with E-state index in [1.54, 1.807) is 12.1 Å². The van der Waals surface area contributed by atoms with E-state index in [1.807, 2.05) is 0 Å². The van der Waals surface area contributed by atoms with Crippen molar-refractivity contribution in [3.8, 4) is 0 Å². The number of amides is 1. The van der Waals surface area contributed by atoms with Gasteiger partial charge in [0.2, 0.25) is 0 Å². The fourth-order valence-electron chi connectivity index (χ4n) is 2.30. The monoisotopic (exact) mass is 267 g/mol. The number of nitrogens with one attached hydrogen (secondary N) is 3. The van der Waals surface area contributed by atoms with Gasteiger partial charge >= 0.3 is 0 Å². The topological polar surface area (TPSA) is 38.0 Å². The molecule has 0 spiro atoms. The van der Waals surface area contributed by atoms with Crippen LogP contribution in [0.4, 0.5) is 4.39 Å². The summed E-state index contributed by atoms with van der Waals surface area (Å²) in [5, 5.41) is 2.89. The highest BCUT2D eigenvalue weighted by atomic mass is 19.1. The molecule has 0 atom stereocenters. The quantitative estimate of drug-likeness (QED) is 0.572. The molecule has 0 saturated carbocycles. The van der Waals surface area contributed by atoms with Crippen LogP contribution in [0.3, 0.4) is 0 Å². The number of quaternary nitrogens is 2. The molecule has 5 heteroatoms. The summed E-state index contributed by atoms with van der Waals surface area (Å²) >= 11 is 0. The first-order valence-electron chi connectivity index (χ1n) is 6.79.